The summed E-state index contributed by atoms with van der Waals surface area (Å²) in [6.07, 6.45) is 1.62. The Morgan fingerprint density at radius 2 is 1.78 bits per heavy atom. The first-order chi connectivity index (χ1) is 11.3. The van der Waals surface area contributed by atoms with E-state index in [1.165, 1.54) is 4.68 Å². The van der Waals surface area contributed by atoms with Gasteiger partial charge in [0.25, 0.3) is 0 Å². The normalized spacial score (nSPS) is 10.8. The average Bonchev–Trinajstić information content (AvgIpc) is 2.95. The van der Waals surface area contributed by atoms with Gasteiger partial charge in [-0.25, -0.2) is 4.98 Å². The molecule has 0 atom stereocenters. The second-order valence-corrected chi connectivity index (χ2v) is 4.84. The standard InChI is InChI=1S/C16H12N7/c17-15-21-16(19-11-6-2-1-3-7-11)22-23(15)14-10-18-12-8-4-5-9-13(12)20-14/h2-10H,(H3,17,19,21,22). The molecule has 0 aliphatic carbocycles. The van der Waals surface area contributed by atoms with Crippen LogP contribution >= 0.6 is 0 Å². The van der Waals surface area contributed by atoms with Gasteiger partial charge in [0.2, 0.25) is 11.9 Å². The van der Waals surface area contributed by atoms with Crippen molar-refractivity contribution < 1.29 is 0 Å². The van der Waals surface area contributed by atoms with Crippen molar-refractivity contribution in [1.82, 2.24) is 24.7 Å². The quantitative estimate of drug-likeness (QED) is 0.603. The number of nitrogens with zero attached hydrogens (tertiary/aromatic N) is 5. The van der Waals surface area contributed by atoms with Crippen molar-refractivity contribution in [2.45, 2.75) is 0 Å². The number of nitrogen functional groups attached to an aromatic ring is 1. The highest BCUT2D eigenvalue weighted by molar-refractivity contribution is 5.74. The smallest absolute Gasteiger partial charge is 0.248 e. The molecule has 0 aliphatic heterocycles. The zero-order chi connectivity index (χ0) is 15.6. The van der Waals surface area contributed by atoms with Crippen LogP contribution in [0.15, 0.2) is 54.7 Å². The zero-order valence-corrected chi connectivity index (χ0v) is 12.0. The summed E-state index contributed by atoms with van der Waals surface area (Å²) in [7, 11) is 0. The summed E-state index contributed by atoms with van der Waals surface area (Å²) in [5.74, 6) is 1.14. The molecule has 111 valence electrons. The number of hydrogen-bond acceptors (Lipinski definition) is 6. The molecule has 0 aliphatic rings. The molecule has 2 aromatic carbocycles. The summed E-state index contributed by atoms with van der Waals surface area (Å²) in [4.78, 5) is 13.1. The van der Waals surface area contributed by atoms with Crippen LogP contribution in [0.25, 0.3) is 16.9 Å². The Kier molecular flexibility index (Phi) is 3.09. The van der Waals surface area contributed by atoms with Crippen molar-refractivity contribution >= 4 is 28.6 Å². The summed E-state index contributed by atoms with van der Waals surface area (Å²) in [5, 5.41) is 7.42. The van der Waals surface area contributed by atoms with Crippen LogP contribution in [0.5, 0.6) is 0 Å². The second kappa shape index (κ2) is 5.38. The van der Waals surface area contributed by atoms with Gasteiger partial charge in [-0.05, 0) is 30.3 Å². The first kappa shape index (κ1) is 13.2. The summed E-state index contributed by atoms with van der Waals surface area (Å²) in [5.41, 5.74) is 8.38. The van der Waals surface area contributed by atoms with Crippen LogP contribution in [-0.4, -0.2) is 24.7 Å². The van der Waals surface area contributed by atoms with Gasteiger partial charge in [0.1, 0.15) is 0 Å². The number of anilines is 3. The van der Waals surface area contributed by atoms with E-state index in [0.29, 0.717) is 11.8 Å². The van der Waals surface area contributed by atoms with Crippen LogP contribution in [0.2, 0.25) is 0 Å². The zero-order valence-electron chi connectivity index (χ0n) is 12.0. The van der Waals surface area contributed by atoms with Gasteiger partial charge in [-0.15, -0.1) is 5.10 Å². The predicted molar refractivity (Wildman–Crippen MR) is 87.4 cm³/mol. The molecule has 0 unspecified atom stereocenters. The van der Waals surface area contributed by atoms with Gasteiger partial charge in [-0.1, -0.05) is 24.3 Å². The molecule has 0 amide bonds. The maximum Gasteiger partial charge on any atom is 0.248 e. The number of nitrogens with two attached hydrogens (primary N) is 1. The average molecular weight is 302 g/mol. The number of aromatic nitrogens is 5. The Morgan fingerprint density at radius 1 is 1.00 bits per heavy atom. The second-order valence-electron chi connectivity index (χ2n) is 4.84. The fourth-order valence-electron chi connectivity index (χ4n) is 2.19. The van der Waals surface area contributed by atoms with Gasteiger partial charge in [0.05, 0.1) is 17.2 Å². The first-order valence-corrected chi connectivity index (χ1v) is 6.97. The fraction of sp³-hybridized carbons (Fsp3) is 0. The van der Waals surface area contributed by atoms with Gasteiger partial charge in [0.15, 0.2) is 5.82 Å². The molecule has 1 radical (unpaired) electrons. The van der Waals surface area contributed by atoms with Crippen LogP contribution in [-0.2, 0) is 0 Å². The van der Waals surface area contributed by atoms with Crippen LogP contribution in [0.1, 0.15) is 0 Å². The molecule has 7 nitrogen and oxygen atoms in total. The maximum absolute atomic E-state index is 5.95. The van der Waals surface area contributed by atoms with E-state index in [-0.39, 0.29) is 5.95 Å². The van der Waals surface area contributed by atoms with Gasteiger partial charge in [-0.3, -0.25) is 4.98 Å². The van der Waals surface area contributed by atoms with Crippen molar-refractivity contribution in [2.75, 3.05) is 11.1 Å². The number of fused-ring (bicyclic) bond motifs is 1. The molecule has 3 N–H and O–H groups in total. The number of benzene rings is 2. The van der Waals surface area contributed by atoms with E-state index in [2.05, 4.69) is 31.4 Å². The molecular weight excluding hydrogens is 290 g/mol. The minimum Gasteiger partial charge on any atom is -0.368 e. The number of para-hydroxylation sites is 2. The molecular formula is C16H12N7. The molecule has 0 bridgehead atoms. The predicted octanol–water partition coefficient (Wildman–Crippen LogP) is 2.34. The van der Waals surface area contributed by atoms with Gasteiger partial charge >= 0.3 is 0 Å². The highest BCUT2D eigenvalue weighted by Gasteiger charge is 2.11. The van der Waals surface area contributed by atoms with Crippen LogP contribution in [0, 0.1) is 6.07 Å². The third-order valence-corrected chi connectivity index (χ3v) is 3.26. The highest BCUT2D eigenvalue weighted by atomic mass is 15.4. The van der Waals surface area contributed by atoms with Crippen LogP contribution < -0.4 is 11.1 Å². The molecule has 0 saturated carbocycles. The summed E-state index contributed by atoms with van der Waals surface area (Å²) >= 11 is 0. The third-order valence-electron chi connectivity index (χ3n) is 3.26. The Bertz CT molecular complexity index is 963. The van der Waals surface area contributed by atoms with E-state index in [0.717, 1.165) is 16.7 Å². The molecule has 0 fully saturated rings. The minimum absolute atomic E-state index is 0.236. The molecule has 2 heterocycles. The molecule has 0 spiro atoms. The van der Waals surface area contributed by atoms with Crippen molar-refractivity contribution in [3.05, 3.63) is 60.8 Å². The van der Waals surface area contributed by atoms with Crippen molar-refractivity contribution in [3.63, 3.8) is 0 Å². The molecule has 4 aromatic rings. The number of nitrogens with one attached hydrogen (secondary N) is 1. The summed E-state index contributed by atoms with van der Waals surface area (Å²) < 4.78 is 1.46. The lowest BCUT2D eigenvalue weighted by Gasteiger charge is -2.02. The maximum atomic E-state index is 5.95. The van der Waals surface area contributed by atoms with Crippen molar-refractivity contribution in [1.29, 1.82) is 0 Å². The lowest BCUT2D eigenvalue weighted by molar-refractivity contribution is 0.858. The molecule has 2 aromatic heterocycles. The van der Waals surface area contributed by atoms with E-state index in [9.17, 15) is 0 Å². The summed E-state index contributed by atoms with van der Waals surface area (Å²) in [6, 6.07) is 17.9. The van der Waals surface area contributed by atoms with Gasteiger partial charge in [-0.2, -0.15) is 9.67 Å². The van der Waals surface area contributed by atoms with Crippen molar-refractivity contribution in [2.24, 2.45) is 0 Å². The van der Waals surface area contributed by atoms with E-state index < -0.39 is 0 Å². The number of rotatable bonds is 3. The van der Waals surface area contributed by atoms with E-state index in [1.54, 1.807) is 18.3 Å². The molecule has 4 rings (SSSR count). The van der Waals surface area contributed by atoms with E-state index in [4.69, 9.17) is 5.73 Å². The Morgan fingerprint density at radius 3 is 2.61 bits per heavy atom. The number of hydrogen-bond donors (Lipinski definition) is 2. The Balaban J connectivity index is 1.70. The van der Waals surface area contributed by atoms with Crippen LogP contribution in [0.3, 0.4) is 0 Å². The first-order valence-electron chi connectivity index (χ1n) is 6.97. The molecule has 23 heavy (non-hydrogen) atoms. The van der Waals surface area contributed by atoms with Gasteiger partial charge in [0, 0.05) is 5.69 Å². The Labute approximate surface area is 131 Å². The largest absolute Gasteiger partial charge is 0.368 e. The molecule has 7 heteroatoms. The lowest BCUT2D eigenvalue weighted by atomic mass is 10.3. The van der Waals surface area contributed by atoms with E-state index >= 15 is 0 Å². The Hall–Kier alpha value is -3.48. The molecule has 0 saturated heterocycles. The topological polar surface area (TPSA) is 94.5 Å². The third kappa shape index (κ3) is 2.55. The van der Waals surface area contributed by atoms with Crippen molar-refractivity contribution in [3.8, 4) is 5.82 Å². The highest BCUT2D eigenvalue weighted by Crippen LogP contribution is 2.17. The minimum atomic E-state index is 0.236. The monoisotopic (exact) mass is 302 g/mol. The fourth-order valence-corrected chi connectivity index (χ4v) is 2.19. The lowest BCUT2D eigenvalue weighted by Crippen LogP contribution is -2.05. The van der Waals surface area contributed by atoms with Gasteiger partial charge < -0.3 is 11.1 Å². The SMILES string of the molecule is Nc1nc(Nc2cc[c]cc2)nn1-c1cnc2ccccc2n1. The van der Waals surface area contributed by atoms with Crippen LogP contribution in [0.4, 0.5) is 17.6 Å². The summed E-state index contributed by atoms with van der Waals surface area (Å²) in [6.45, 7) is 0. The van der Waals surface area contributed by atoms with E-state index in [1.807, 2.05) is 36.4 Å².